The van der Waals surface area contributed by atoms with Crippen molar-refractivity contribution in [2.75, 3.05) is 0 Å². The fourth-order valence-electron chi connectivity index (χ4n) is 1.17. The van der Waals surface area contributed by atoms with Crippen molar-refractivity contribution in [3.8, 4) is 0 Å². The molecule has 0 saturated carbocycles. The average molecular weight is 266 g/mol. The Bertz CT molecular complexity index is 532. The van der Waals surface area contributed by atoms with E-state index in [4.69, 9.17) is 34.8 Å². The van der Waals surface area contributed by atoms with Gasteiger partial charge in [0.15, 0.2) is 11.0 Å². The van der Waals surface area contributed by atoms with E-state index in [-0.39, 0.29) is 21.8 Å². The number of hydrogen-bond donors (Lipinski definition) is 0. The van der Waals surface area contributed by atoms with Gasteiger partial charge in [0, 0.05) is 11.6 Å². The summed E-state index contributed by atoms with van der Waals surface area (Å²) in [6, 6.07) is 0. The van der Waals surface area contributed by atoms with Gasteiger partial charge >= 0.3 is 0 Å². The Morgan fingerprint density at radius 3 is 2.67 bits per heavy atom. The van der Waals surface area contributed by atoms with E-state index < -0.39 is 5.82 Å². The van der Waals surface area contributed by atoms with Gasteiger partial charge in [0.05, 0.1) is 11.6 Å². The second kappa shape index (κ2) is 4.04. The van der Waals surface area contributed by atoms with Crippen molar-refractivity contribution in [1.82, 2.24) is 15.0 Å². The van der Waals surface area contributed by atoms with Gasteiger partial charge in [-0.1, -0.05) is 11.6 Å². The first-order valence-electron chi connectivity index (χ1n) is 3.85. The minimum Gasteiger partial charge on any atom is -0.241 e. The first-order chi connectivity index (χ1) is 7.13. The molecule has 0 aromatic carbocycles. The normalized spacial score (nSPS) is 10.9. The first kappa shape index (κ1) is 10.8. The fraction of sp³-hybridized carbons (Fsp3) is 0.125. The minimum atomic E-state index is -0.718. The van der Waals surface area contributed by atoms with Crippen molar-refractivity contribution >= 4 is 45.7 Å². The molecule has 0 atom stereocenters. The monoisotopic (exact) mass is 265 g/mol. The summed E-state index contributed by atoms with van der Waals surface area (Å²) >= 11 is 16.8. The predicted molar refractivity (Wildman–Crippen MR) is 56.9 cm³/mol. The maximum atomic E-state index is 13.5. The summed E-state index contributed by atoms with van der Waals surface area (Å²) < 4.78 is 13.5. The lowest BCUT2D eigenvalue weighted by Gasteiger charge is -2.03. The Labute approximate surface area is 99.2 Å². The van der Waals surface area contributed by atoms with Crippen LogP contribution in [0.4, 0.5) is 4.39 Å². The highest BCUT2D eigenvalue weighted by Crippen LogP contribution is 2.24. The molecule has 0 aliphatic carbocycles. The highest BCUT2D eigenvalue weighted by Gasteiger charge is 2.13. The van der Waals surface area contributed by atoms with Crippen LogP contribution in [0.3, 0.4) is 0 Å². The molecule has 7 heteroatoms. The quantitative estimate of drug-likeness (QED) is 0.452. The molecular weight excluding hydrogens is 263 g/mol. The van der Waals surface area contributed by atoms with E-state index in [2.05, 4.69) is 15.0 Å². The Morgan fingerprint density at radius 1 is 1.27 bits per heavy atom. The molecule has 78 valence electrons. The van der Waals surface area contributed by atoms with Crippen LogP contribution in [0.25, 0.3) is 10.9 Å². The zero-order valence-electron chi connectivity index (χ0n) is 7.14. The molecule has 0 saturated heterocycles. The van der Waals surface area contributed by atoms with Gasteiger partial charge < -0.3 is 0 Å². The van der Waals surface area contributed by atoms with Crippen LogP contribution in [-0.2, 0) is 5.88 Å². The molecule has 0 spiro atoms. The van der Waals surface area contributed by atoms with Gasteiger partial charge in [0.2, 0.25) is 5.28 Å². The molecule has 0 fully saturated rings. The van der Waals surface area contributed by atoms with Gasteiger partial charge in [-0.15, -0.1) is 11.6 Å². The Hall–Kier alpha value is -0.710. The van der Waals surface area contributed by atoms with Crippen molar-refractivity contribution in [3.05, 3.63) is 28.1 Å². The van der Waals surface area contributed by atoms with E-state index in [0.717, 1.165) is 0 Å². The zero-order valence-corrected chi connectivity index (χ0v) is 9.41. The third-order valence-corrected chi connectivity index (χ3v) is 2.51. The number of pyridine rings is 1. The second-order valence-corrected chi connectivity index (χ2v) is 3.66. The van der Waals surface area contributed by atoms with Gasteiger partial charge in [-0.05, 0) is 11.6 Å². The highest BCUT2D eigenvalue weighted by molar-refractivity contribution is 6.30. The number of hydrogen-bond acceptors (Lipinski definition) is 3. The highest BCUT2D eigenvalue weighted by atomic mass is 35.5. The van der Waals surface area contributed by atoms with Crippen molar-refractivity contribution in [3.63, 3.8) is 0 Å². The number of rotatable bonds is 1. The molecule has 0 aliphatic heterocycles. The van der Waals surface area contributed by atoms with Crippen LogP contribution in [0.5, 0.6) is 0 Å². The molecule has 3 nitrogen and oxygen atoms in total. The zero-order chi connectivity index (χ0) is 11.0. The maximum Gasteiger partial charge on any atom is 0.223 e. The summed E-state index contributed by atoms with van der Waals surface area (Å²) in [5.41, 5.74) is 0.459. The fourth-order valence-corrected chi connectivity index (χ4v) is 1.69. The molecule has 2 heterocycles. The predicted octanol–water partition coefficient (Wildman–Crippen LogP) is 3.21. The summed E-state index contributed by atoms with van der Waals surface area (Å²) in [5.74, 6) is -0.619. The molecular formula is C8H3Cl3FN3. The molecule has 0 bridgehead atoms. The molecule has 0 N–H and O–H groups in total. The van der Waals surface area contributed by atoms with Crippen LogP contribution < -0.4 is 0 Å². The smallest absolute Gasteiger partial charge is 0.223 e. The van der Waals surface area contributed by atoms with Gasteiger partial charge in [-0.3, -0.25) is 0 Å². The Kier molecular flexibility index (Phi) is 2.91. The van der Waals surface area contributed by atoms with E-state index in [1.807, 2.05) is 0 Å². The van der Waals surface area contributed by atoms with E-state index in [1.54, 1.807) is 0 Å². The number of alkyl halides is 1. The van der Waals surface area contributed by atoms with Gasteiger partial charge in [0.1, 0.15) is 5.52 Å². The number of fused-ring (bicyclic) bond motifs is 1. The third kappa shape index (κ3) is 1.85. The summed E-state index contributed by atoms with van der Waals surface area (Å²) in [6.07, 6.45) is 1.37. The number of aromatic nitrogens is 3. The standard InChI is InChI=1S/C8H3Cl3FN3/c9-1-4-3-2-13-7(10)5(12)6(3)15-8(11)14-4/h2H,1H2. The third-order valence-electron chi connectivity index (χ3n) is 1.82. The van der Waals surface area contributed by atoms with Crippen molar-refractivity contribution in [2.24, 2.45) is 0 Å². The second-order valence-electron chi connectivity index (χ2n) is 2.70. The van der Waals surface area contributed by atoms with E-state index in [0.29, 0.717) is 11.1 Å². The van der Waals surface area contributed by atoms with Crippen LogP contribution in [0.1, 0.15) is 5.69 Å². The van der Waals surface area contributed by atoms with Gasteiger partial charge in [-0.25, -0.2) is 19.3 Å². The lowest BCUT2D eigenvalue weighted by atomic mass is 10.2. The molecule has 2 rings (SSSR count). The van der Waals surface area contributed by atoms with Crippen LogP contribution in [-0.4, -0.2) is 15.0 Å². The Morgan fingerprint density at radius 2 is 2.00 bits per heavy atom. The SMILES string of the molecule is Fc1c(Cl)ncc2c(CCl)nc(Cl)nc12. The summed E-state index contributed by atoms with van der Waals surface area (Å²) in [5, 5.41) is 0.0911. The largest absolute Gasteiger partial charge is 0.241 e. The summed E-state index contributed by atoms with van der Waals surface area (Å²) in [7, 11) is 0. The van der Waals surface area contributed by atoms with Crippen LogP contribution in [0, 0.1) is 5.82 Å². The lowest BCUT2D eigenvalue weighted by molar-refractivity contribution is 0.631. The van der Waals surface area contributed by atoms with Crippen LogP contribution in [0.15, 0.2) is 6.20 Å². The molecule has 2 aromatic heterocycles. The van der Waals surface area contributed by atoms with E-state index in [9.17, 15) is 4.39 Å². The molecule has 15 heavy (non-hydrogen) atoms. The molecule has 0 radical (unpaired) electrons. The Balaban J connectivity index is 2.89. The lowest BCUT2D eigenvalue weighted by Crippen LogP contribution is -1.97. The van der Waals surface area contributed by atoms with Gasteiger partial charge in [-0.2, -0.15) is 0 Å². The van der Waals surface area contributed by atoms with Crippen molar-refractivity contribution in [1.29, 1.82) is 0 Å². The average Bonchev–Trinajstić information content (AvgIpc) is 2.23. The minimum absolute atomic E-state index is 0.0330. The molecule has 0 unspecified atom stereocenters. The van der Waals surface area contributed by atoms with E-state index >= 15 is 0 Å². The first-order valence-corrected chi connectivity index (χ1v) is 5.14. The van der Waals surface area contributed by atoms with Gasteiger partial charge in [0.25, 0.3) is 0 Å². The van der Waals surface area contributed by atoms with Crippen molar-refractivity contribution in [2.45, 2.75) is 5.88 Å². The summed E-state index contributed by atoms with van der Waals surface area (Å²) in [4.78, 5) is 11.3. The van der Waals surface area contributed by atoms with Crippen LogP contribution >= 0.6 is 34.8 Å². The van der Waals surface area contributed by atoms with Crippen LogP contribution in [0.2, 0.25) is 10.4 Å². The van der Waals surface area contributed by atoms with Crippen molar-refractivity contribution < 1.29 is 4.39 Å². The number of halogens is 4. The topological polar surface area (TPSA) is 38.7 Å². The molecule has 0 amide bonds. The molecule has 0 aliphatic rings. The number of nitrogens with zero attached hydrogens (tertiary/aromatic N) is 3. The molecule has 2 aromatic rings. The maximum absolute atomic E-state index is 13.5. The van der Waals surface area contributed by atoms with E-state index in [1.165, 1.54) is 6.20 Å². The summed E-state index contributed by atoms with van der Waals surface area (Å²) in [6.45, 7) is 0.